The van der Waals surface area contributed by atoms with Gasteiger partial charge in [0, 0.05) is 39.7 Å². The fourth-order valence-electron chi connectivity index (χ4n) is 3.10. The van der Waals surface area contributed by atoms with Gasteiger partial charge in [-0.15, -0.1) is 0 Å². The van der Waals surface area contributed by atoms with Crippen LogP contribution in [0, 0.1) is 6.92 Å². The van der Waals surface area contributed by atoms with E-state index >= 15 is 0 Å². The third-order valence-corrected chi connectivity index (χ3v) is 4.92. The molecule has 0 saturated heterocycles. The number of nitrogens with one attached hydrogen (secondary N) is 1. The molecule has 0 aliphatic heterocycles. The monoisotopic (exact) mass is 438 g/mol. The highest BCUT2D eigenvalue weighted by atomic mass is 28.1. The van der Waals surface area contributed by atoms with E-state index in [1.165, 1.54) is 28.9 Å². The summed E-state index contributed by atoms with van der Waals surface area (Å²) in [4.78, 5) is 21.3. The number of aromatic nitrogens is 4. The molecule has 1 N–H and O–H groups in total. The summed E-state index contributed by atoms with van der Waals surface area (Å²) in [5.74, 6) is 0.518. The van der Waals surface area contributed by atoms with Crippen molar-refractivity contribution in [3.63, 3.8) is 0 Å². The average molecular weight is 438 g/mol. The van der Waals surface area contributed by atoms with E-state index in [0.717, 1.165) is 5.56 Å². The predicted octanol–water partition coefficient (Wildman–Crippen LogP) is 4.40. The number of carbonyl (C=O) groups excluding carboxylic acids is 1. The first kappa shape index (κ1) is 20.9. The van der Waals surface area contributed by atoms with Gasteiger partial charge in [0.2, 0.25) is 11.7 Å². The Balaban J connectivity index is 1.59. The lowest BCUT2D eigenvalue weighted by molar-refractivity contribution is 0.102. The quantitative estimate of drug-likeness (QED) is 0.451. The molecule has 0 spiro atoms. The van der Waals surface area contributed by atoms with Gasteiger partial charge < -0.3 is 9.84 Å². The van der Waals surface area contributed by atoms with Crippen LogP contribution in [0.2, 0.25) is 5.54 Å². The minimum Gasteiger partial charge on any atom is -0.339 e. The number of anilines is 1. The fourth-order valence-corrected chi connectivity index (χ4v) is 3.27. The Hall–Kier alpha value is -3.40. The standard InChI is InChI=1S/C21H18F2N5O2Si/c1-11-3-4-14(20-26-18(30-27-20)7-12(2)31)8-15(11)25-21(29)16-10-24-17-9-13(19(22)23)5-6-28(16)17/h3-6,8-10,12,19H,7H2,1-2H3,(H,25,29)/t12-/m0/s1. The van der Waals surface area contributed by atoms with Crippen LogP contribution in [0.25, 0.3) is 17.0 Å². The molecule has 0 aliphatic carbocycles. The Morgan fingerprint density at radius 1 is 1.29 bits per heavy atom. The molecule has 1 atom stereocenters. The summed E-state index contributed by atoms with van der Waals surface area (Å²) in [5.41, 5.74) is 2.65. The molecule has 3 aromatic heterocycles. The van der Waals surface area contributed by atoms with Crippen molar-refractivity contribution >= 4 is 27.5 Å². The van der Waals surface area contributed by atoms with Crippen LogP contribution in [0.4, 0.5) is 14.5 Å². The van der Waals surface area contributed by atoms with Crippen molar-refractivity contribution in [3.8, 4) is 11.4 Å². The second kappa shape index (κ2) is 8.38. The number of amides is 1. The number of imidazole rings is 1. The Labute approximate surface area is 179 Å². The fraction of sp³-hybridized carbons (Fsp3) is 0.238. The molecule has 3 radical (unpaired) electrons. The molecule has 0 bridgehead atoms. The first-order valence-electron chi connectivity index (χ1n) is 9.53. The van der Waals surface area contributed by atoms with E-state index in [4.69, 9.17) is 4.52 Å². The van der Waals surface area contributed by atoms with Gasteiger partial charge in [0.25, 0.3) is 12.3 Å². The number of hydrogen-bond donors (Lipinski definition) is 1. The predicted molar refractivity (Wildman–Crippen MR) is 111 cm³/mol. The summed E-state index contributed by atoms with van der Waals surface area (Å²) < 4.78 is 32.5. The van der Waals surface area contributed by atoms with E-state index in [0.29, 0.717) is 29.4 Å². The molecule has 31 heavy (non-hydrogen) atoms. The number of rotatable bonds is 6. The van der Waals surface area contributed by atoms with Gasteiger partial charge in [-0.1, -0.05) is 24.2 Å². The van der Waals surface area contributed by atoms with Crippen LogP contribution in [-0.4, -0.2) is 35.7 Å². The van der Waals surface area contributed by atoms with E-state index in [-0.39, 0.29) is 22.4 Å². The van der Waals surface area contributed by atoms with E-state index in [1.54, 1.807) is 6.07 Å². The number of halogens is 2. The lowest BCUT2D eigenvalue weighted by Gasteiger charge is -2.10. The Morgan fingerprint density at radius 3 is 2.84 bits per heavy atom. The highest BCUT2D eigenvalue weighted by Crippen LogP contribution is 2.25. The summed E-state index contributed by atoms with van der Waals surface area (Å²) in [6.07, 6.45) is 0.757. The number of alkyl halides is 2. The smallest absolute Gasteiger partial charge is 0.274 e. The minimum atomic E-state index is -2.60. The topological polar surface area (TPSA) is 85.3 Å². The van der Waals surface area contributed by atoms with Gasteiger partial charge >= 0.3 is 0 Å². The van der Waals surface area contributed by atoms with Crippen molar-refractivity contribution in [1.29, 1.82) is 0 Å². The summed E-state index contributed by atoms with van der Waals surface area (Å²) in [5, 5.41) is 6.86. The third kappa shape index (κ3) is 4.38. The maximum absolute atomic E-state index is 12.9. The Morgan fingerprint density at radius 2 is 2.10 bits per heavy atom. The number of aryl methyl sites for hydroxylation is 1. The molecule has 0 fully saturated rings. The first-order chi connectivity index (χ1) is 14.8. The summed E-state index contributed by atoms with van der Waals surface area (Å²) in [7, 11) is 3.50. The molecule has 1 amide bonds. The molecule has 157 valence electrons. The molecule has 1 aromatic carbocycles. The molecule has 0 saturated carbocycles. The van der Waals surface area contributed by atoms with Gasteiger partial charge in [-0.3, -0.25) is 9.20 Å². The SMILES string of the molecule is Cc1ccc(-c2noc(C[C@H](C)[Si])n2)cc1NC(=O)c1cnc2cc(C(F)F)ccn12. The van der Waals surface area contributed by atoms with Gasteiger partial charge in [0.1, 0.15) is 11.3 Å². The van der Waals surface area contributed by atoms with E-state index in [9.17, 15) is 13.6 Å². The van der Waals surface area contributed by atoms with Crippen LogP contribution in [0.3, 0.4) is 0 Å². The van der Waals surface area contributed by atoms with Crippen molar-refractivity contribution in [1.82, 2.24) is 19.5 Å². The van der Waals surface area contributed by atoms with Crippen LogP contribution in [0.5, 0.6) is 0 Å². The van der Waals surface area contributed by atoms with Crippen LogP contribution >= 0.6 is 0 Å². The summed E-state index contributed by atoms with van der Waals surface area (Å²) in [6.45, 7) is 3.84. The van der Waals surface area contributed by atoms with Crippen molar-refractivity contribution in [2.24, 2.45) is 0 Å². The molecule has 4 rings (SSSR count). The zero-order chi connectivity index (χ0) is 22.1. The normalized spacial score (nSPS) is 12.5. The van der Waals surface area contributed by atoms with Crippen LogP contribution in [0.1, 0.15) is 40.9 Å². The van der Waals surface area contributed by atoms with E-state index in [1.807, 2.05) is 26.0 Å². The number of hydrogen-bond acceptors (Lipinski definition) is 5. The number of nitrogens with zero attached hydrogens (tertiary/aromatic N) is 4. The van der Waals surface area contributed by atoms with Crippen LogP contribution < -0.4 is 5.32 Å². The maximum atomic E-state index is 12.9. The highest BCUT2D eigenvalue weighted by Gasteiger charge is 2.17. The van der Waals surface area contributed by atoms with Crippen LogP contribution in [0.15, 0.2) is 47.2 Å². The van der Waals surface area contributed by atoms with Crippen molar-refractivity contribution in [2.75, 3.05) is 5.32 Å². The third-order valence-electron chi connectivity index (χ3n) is 4.71. The second-order valence-electron chi connectivity index (χ2n) is 7.23. The van der Waals surface area contributed by atoms with Gasteiger partial charge in [0.15, 0.2) is 0 Å². The molecule has 0 unspecified atom stereocenters. The molecular weight excluding hydrogens is 420 g/mol. The van der Waals surface area contributed by atoms with Gasteiger partial charge in [-0.25, -0.2) is 13.8 Å². The Kier molecular flexibility index (Phi) is 5.64. The van der Waals surface area contributed by atoms with Crippen molar-refractivity contribution in [2.45, 2.75) is 32.2 Å². The first-order valence-corrected chi connectivity index (χ1v) is 10.1. The molecule has 0 aliphatic rings. The van der Waals surface area contributed by atoms with Crippen molar-refractivity contribution < 1.29 is 18.1 Å². The van der Waals surface area contributed by atoms with Gasteiger partial charge in [0.05, 0.1) is 6.20 Å². The average Bonchev–Trinajstić information content (AvgIpc) is 3.35. The number of carbonyl (C=O) groups is 1. The summed E-state index contributed by atoms with van der Waals surface area (Å²) in [6, 6.07) is 7.98. The van der Waals surface area contributed by atoms with Crippen molar-refractivity contribution in [3.05, 3.63) is 65.4 Å². The zero-order valence-electron chi connectivity index (χ0n) is 16.8. The lowest BCUT2D eigenvalue weighted by atomic mass is 10.1. The molecule has 10 heteroatoms. The number of fused-ring (bicyclic) bond motifs is 1. The molecule has 4 aromatic rings. The molecule has 3 heterocycles. The number of benzene rings is 1. The highest BCUT2D eigenvalue weighted by molar-refractivity contribution is 6.11. The van der Waals surface area contributed by atoms with Crippen LogP contribution in [-0.2, 0) is 6.42 Å². The number of pyridine rings is 1. The second-order valence-corrected chi connectivity index (χ2v) is 8.22. The molecule has 7 nitrogen and oxygen atoms in total. The van der Waals surface area contributed by atoms with Gasteiger partial charge in [-0.2, -0.15) is 4.98 Å². The Bertz CT molecular complexity index is 1250. The molecular formula is C21H18F2N5O2Si. The largest absolute Gasteiger partial charge is 0.339 e. The lowest BCUT2D eigenvalue weighted by Crippen LogP contribution is -2.15. The van der Waals surface area contributed by atoms with E-state index in [2.05, 4.69) is 30.7 Å². The van der Waals surface area contributed by atoms with Gasteiger partial charge in [-0.05, 0) is 36.2 Å². The maximum Gasteiger partial charge on any atom is 0.274 e. The summed E-state index contributed by atoms with van der Waals surface area (Å²) >= 11 is 0. The van der Waals surface area contributed by atoms with E-state index < -0.39 is 12.3 Å². The minimum absolute atomic E-state index is 0.151. The zero-order valence-corrected chi connectivity index (χ0v) is 17.8.